The Morgan fingerprint density at radius 3 is 2.73 bits per heavy atom. The molecule has 2 aliphatic heterocycles. The molecule has 10 nitrogen and oxygen atoms in total. The fourth-order valence-electron chi connectivity index (χ4n) is 4.81. The minimum Gasteiger partial charge on any atom is -0.462 e. The van der Waals surface area contributed by atoms with Crippen LogP contribution in [0.15, 0.2) is 64.2 Å². The monoisotopic (exact) mass is 534 g/mol. The number of fused-ring (bicyclic) bond motifs is 1. The lowest BCUT2D eigenvalue weighted by Gasteiger charge is -2.38. The number of nitrogens with one attached hydrogen (secondary N) is 1. The zero-order valence-electron chi connectivity index (χ0n) is 21.2. The Balaban J connectivity index is 0.00000380. The van der Waals surface area contributed by atoms with Crippen molar-refractivity contribution in [3.8, 4) is 0 Å². The average Bonchev–Trinajstić information content (AvgIpc) is 3.33. The number of piperidine rings is 1. The number of hydrogen-bond acceptors (Lipinski definition) is 7. The molecule has 4 rings (SSSR count). The molecule has 0 bridgehead atoms. The Bertz CT molecular complexity index is 1070. The van der Waals surface area contributed by atoms with E-state index in [1.54, 1.807) is 18.9 Å². The summed E-state index contributed by atoms with van der Waals surface area (Å²) in [6.07, 6.45) is 2.71. The van der Waals surface area contributed by atoms with E-state index in [1.165, 1.54) is 6.26 Å². The van der Waals surface area contributed by atoms with E-state index in [-0.39, 0.29) is 29.6 Å². The lowest BCUT2D eigenvalue weighted by Crippen LogP contribution is -2.56. The van der Waals surface area contributed by atoms with Gasteiger partial charge < -0.3 is 30.7 Å². The van der Waals surface area contributed by atoms with E-state index in [4.69, 9.17) is 31.5 Å². The number of allylic oxidation sites excluding steroid dienone is 2. The van der Waals surface area contributed by atoms with Crippen LogP contribution in [-0.4, -0.2) is 74.4 Å². The first-order valence-corrected chi connectivity index (χ1v) is 12.6. The van der Waals surface area contributed by atoms with Crippen molar-refractivity contribution in [1.29, 1.82) is 0 Å². The number of amides is 2. The summed E-state index contributed by atoms with van der Waals surface area (Å²) in [5, 5.41) is 3.49. The summed E-state index contributed by atoms with van der Waals surface area (Å²) in [6.45, 7) is 4.63. The Morgan fingerprint density at radius 1 is 1.27 bits per heavy atom. The number of nitrogens with zero attached hydrogens (tertiary/aromatic N) is 2. The van der Waals surface area contributed by atoms with Gasteiger partial charge in [-0.25, -0.2) is 4.79 Å². The van der Waals surface area contributed by atoms with E-state index < -0.39 is 0 Å². The maximum Gasteiger partial charge on any atom is 0.414 e. The Hall–Kier alpha value is -3.05. The maximum absolute atomic E-state index is 13.1. The van der Waals surface area contributed by atoms with Crippen molar-refractivity contribution >= 4 is 29.3 Å². The molecule has 0 aromatic heterocycles. The van der Waals surface area contributed by atoms with Gasteiger partial charge in [0, 0.05) is 44.5 Å². The minimum atomic E-state index is -0.365. The van der Waals surface area contributed by atoms with Crippen molar-refractivity contribution in [2.24, 2.45) is 5.73 Å². The van der Waals surface area contributed by atoms with Gasteiger partial charge in [-0.3, -0.25) is 14.6 Å². The number of para-hydroxylation sites is 1. The third-order valence-electron chi connectivity index (χ3n) is 6.77. The molecule has 5 N–H and O–H groups in total. The topological polar surface area (TPSA) is 138 Å². The summed E-state index contributed by atoms with van der Waals surface area (Å²) < 4.78 is 16.6. The number of hydrogen-bond donors (Lipinski definition) is 2. The molecule has 11 heteroatoms. The summed E-state index contributed by atoms with van der Waals surface area (Å²) in [5.41, 5.74) is 8.70. The molecule has 2 amide bonds. The molecular formula is C26H35ClN4O6. The fraction of sp³-hybridized carbons (Fsp3) is 0.462. The van der Waals surface area contributed by atoms with Gasteiger partial charge in [-0.05, 0) is 38.3 Å². The van der Waals surface area contributed by atoms with Crippen molar-refractivity contribution in [3.05, 3.63) is 64.2 Å². The van der Waals surface area contributed by atoms with E-state index in [1.807, 2.05) is 30.3 Å². The van der Waals surface area contributed by atoms with Crippen LogP contribution in [-0.2, 0) is 19.0 Å². The van der Waals surface area contributed by atoms with E-state index in [9.17, 15) is 9.59 Å². The number of nitrogens with two attached hydrogens (primary N) is 1. The first-order chi connectivity index (χ1) is 17.4. The second kappa shape index (κ2) is 13.0. The number of ether oxygens (including phenoxy) is 3. The molecule has 0 radical (unpaired) electrons. The Labute approximate surface area is 222 Å². The van der Waals surface area contributed by atoms with Crippen LogP contribution in [0.1, 0.15) is 26.2 Å². The summed E-state index contributed by atoms with van der Waals surface area (Å²) in [4.78, 5) is 29.6. The molecule has 2 heterocycles. The van der Waals surface area contributed by atoms with Crippen LogP contribution >= 0.6 is 11.6 Å². The molecule has 37 heavy (non-hydrogen) atoms. The number of anilines is 1. The number of rotatable bonds is 8. The highest BCUT2D eigenvalue weighted by Crippen LogP contribution is 2.39. The molecule has 1 aromatic rings. The van der Waals surface area contributed by atoms with E-state index in [0.29, 0.717) is 61.1 Å². The van der Waals surface area contributed by atoms with Crippen LogP contribution < -0.4 is 16.0 Å². The third kappa shape index (κ3) is 6.45. The van der Waals surface area contributed by atoms with Gasteiger partial charge in [0.05, 0.1) is 35.1 Å². The van der Waals surface area contributed by atoms with Crippen LogP contribution in [0.25, 0.3) is 0 Å². The predicted molar refractivity (Wildman–Crippen MR) is 141 cm³/mol. The van der Waals surface area contributed by atoms with Crippen LogP contribution in [0.4, 0.5) is 10.5 Å². The van der Waals surface area contributed by atoms with Crippen LogP contribution in [0.5, 0.6) is 0 Å². The molecular weight excluding hydrogens is 500 g/mol. The Morgan fingerprint density at radius 2 is 2.03 bits per heavy atom. The molecule has 1 saturated heterocycles. The third-order valence-corrected chi connectivity index (χ3v) is 7.06. The van der Waals surface area contributed by atoms with Crippen molar-refractivity contribution in [3.63, 3.8) is 0 Å². The zero-order chi connectivity index (χ0) is 25.7. The summed E-state index contributed by atoms with van der Waals surface area (Å²) in [6, 6.07) is 9.35. The van der Waals surface area contributed by atoms with Crippen molar-refractivity contribution < 1.29 is 29.3 Å². The molecule has 3 aliphatic rings. The van der Waals surface area contributed by atoms with Gasteiger partial charge in [-0.15, -0.1) is 0 Å². The SMILES string of the molecule is CCOC(=O)N(CCN1CCC(NC(=O)C2=C3OC=C(Cl)C(N)=C3CC2)C(OC)C1)c1ccccc1.O. The highest BCUT2D eigenvalue weighted by molar-refractivity contribution is 6.32. The number of methoxy groups -OCH3 is 1. The van der Waals surface area contributed by atoms with Gasteiger partial charge in [0.1, 0.15) is 12.0 Å². The number of likely N-dealkylation sites (tertiary alicyclic amines) is 1. The van der Waals surface area contributed by atoms with Crippen LogP contribution in [0, 0.1) is 0 Å². The average molecular weight is 535 g/mol. The van der Waals surface area contributed by atoms with E-state index in [0.717, 1.165) is 24.2 Å². The molecule has 1 aliphatic carbocycles. The van der Waals surface area contributed by atoms with Crippen LogP contribution in [0.2, 0.25) is 0 Å². The molecule has 202 valence electrons. The maximum atomic E-state index is 13.1. The van der Waals surface area contributed by atoms with Crippen molar-refractivity contribution in [1.82, 2.24) is 10.2 Å². The van der Waals surface area contributed by atoms with Gasteiger partial charge in [0.15, 0.2) is 0 Å². The highest BCUT2D eigenvalue weighted by Gasteiger charge is 2.35. The van der Waals surface area contributed by atoms with Crippen molar-refractivity contribution in [2.45, 2.75) is 38.3 Å². The normalized spacial score (nSPS) is 21.4. The number of carbonyl (C=O) groups is 2. The lowest BCUT2D eigenvalue weighted by atomic mass is 10.0. The Kier molecular flexibility index (Phi) is 9.99. The number of halogens is 1. The lowest BCUT2D eigenvalue weighted by molar-refractivity contribution is -0.120. The summed E-state index contributed by atoms with van der Waals surface area (Å²) in [7, 11) is 1.65. The quantitative estimate of drug-likeness (QED) is 0.522. The predicted octanol–water partition coefficient (Wildman–Crippen LogP) is 2.40. The van der Waals surface area contributed by atoms with Crippen molar-refractivity contribution in [2.75, 3.05) is 44.8 Å². The first-order valence-electron chi connectivity index (χ1n) is 12.2. The summed E-state index contributed by atoms with van der Waals surface area (Å²) in [5.74, 6) is 0.345. The van der Waals surface area contributed by atoms with E-state index in [2.05, 4.69) is 10.2 Å². The number of benzene rings is 1. The highest BCUT2D eigenvalue weighted by atomic mass is 35.5. The molecule has 1 aromatic carbocycles. The largest absolute Gasteiger partial charge is 0.462 e. The molecule has 2 atom stereocenters. The number of carbonyl (C=O) groups excluding carboxylic acids is 2. The second-order valence-corrected chi connectivity index (χ2v) is 9.32. The minimum absolute atomic E-state index is 0. The fourth-order valence-corrected chi connectivity index (χ4v) is 4.97. The van der Waals surface area contributed by atoms with E-state index >= 15 is 0 Å². The molecule has 1 fully saturated rings. The summed E-state index contributed by atoms with van der Waals surface area (Å²) >= 11 is 6.06. The van der Waals surface area contributed by atoms with Gasteiger partial charge in [0.2, 0.25) is 0 Å². The van der Waals surface area contributed by atoms with Gasteiger partial charge in [-0.1, -0.05) is 29.8 Å². The second-order valence-electron chi connectivity index (χ2n) is 8.91. The molecule has 0 saturated carbocycles. The smallest absolute Gasteiger partial charge is 0.414 e. The van der Waals surface area contributed by atoms with Crippen LogP contribution in [0.3, 0.4) is 0 Å². The first kappa shape index (κ1) is 28.5. The van der Waals surface area contributed by atoms with Gasteiger partial charge in [0.25, 0.3) is 5.91 Å². The van der Waals surface area contributed by atoms with Gasteiger partial charge in [-0.2, -0.15) is 0 Å². The molecule has 2 unspecified atom stereocenters. The standard InChI is InChI=1S/C26H33ClN4O5.H2O/c1-3-35-26(33)31(17-7-5-4-6-8-17)14-13-30-12-11-21(22(15-30)34-2)29-25(32)19-10-9-18-23(28)20(27)16-36-24(18)19;/h4-8,16,21-22H,3,9-15,28H2,1-2H3,(H,29,32);1H2. The van der Waals surface area contributed by atoms with Gasteiger partial charge >= 0.3 is 6.09 Å². The zero-order valence-corrected chi connectivity index (χ0v) is 21.9. The molecule has 0 spiro atoms.